The van der Waals surface area contributed by atoms with Crippen LogP contribution in [0.5, 0.6) is 5.75 Å². The number of hydrogen-bond donors (Lipinski definition) is 2. The van der Waals surface area contributed by atoms with Crippen molar-refractivity contribution in [2.24, 2.45) is 0 Å². The van der Waals surface area contributed by atoms with Crippen LogP contribution in [-0.4, -0.2) is 32.0 Å². The fourth-order valence-electron chi connectivity index (χ4n) is 4.27. The number of carbonyl (C=O) groups is 1. The average Bonchev–Trinajstić information content (AvgIpc) is 3.19. The number of imidazole rings is 1. The first-order valence-electron chi connectivity index (χ1n) is 11.3. The van der Waals surface area contributed by atoms with Crippen LogP contribution in [0.1, 0.15) is 58.2 Å². The zero-order valence-corrected chi connectivity index (χ0v) is 19.4. The second-order valence-corrected chi connectivity index (χ2v) is 8.46. The zero-order chi connectivity index (χ0) is 25.1. The summed E-state index contributed by atoms with van der Waals surface area (Å²) in [5, 5.41) is 19.5. The number of halogens is 2. The van der Waals surface area contributed by atoms with Gasteiger partial charge in [0, 0.05) is 12.6 Å². The van der Waals surface area contributed by atoms with E-state index in [-0.39, 0.29) is 30.3 Å². The van der Waals surface area contributed by atoms with Gasteiger partial charge in [-0.3, -0.25) is 9.20 Å². The smallest absolute Gasteiger partial charge is 0.182 e. The summed E-state index contributed by atoms with van der Waals surface area (Å²) < 4.78 is 35.3. The standard InChI is InChI=1S/C27H26F2N2O4/c1-16(18-7-3-4-8-19(18)24(34)14-32)13-23(33)26-17(2)30-27-25(11-6-12-31(26)27)35-15-20-21(28)9-5-10-22(20)29/h3-12,16,24,32,34H,13-15H2,1-2H3/t16-,24-/m1/s1. The maximum atomic E-state index is 14.0. The summed E-state index contributed by atoms with van der Waals surface area (Å²) in [4.78, 5) is 17.8. The Labute approximate surface area is 201 Å². The molecule has 2 aromatic carbocycles. The molecule has 0 aliphatic carbocycles. The lowest BCUT2D eigenvalue weighted by molar-refractivity contribution is 0.0933. The van der Waals surface area contributed by atoms with Crippen molar-refractivity contribution in [2.75, 3.05) is 6.61 Å². The molecule has 0 amide bonds. The van der Waals surface area contributed by atoms with E-state index in [1.54, 1.807) is 41.8 Å². The van der Waals surface area contributed by atoms with Crippen LogP contribution in [0.3, 0.4) is 0 Å². The molecule has 0 fully saturated rings. The van der Waals surface area contributed by atoms with Gasteiger partial charge in [0.05, 0.1) is 17.9 Å². The second-order valence-electron chi connectivity index (χ2n) is 8.46. The van der Waals surface area contributed by atoms with Crippen molar-refractivity contribution in [3.8, 4) is 5.75 Å². The van der Waals surface area contributed by atoms with Crippen molar-refractivity contribution in [1.29, 1.82) is 0 Å². The zero-order valence-electron chi connectivity index (χ0n) is 19.4. The average molecular weight is 481 g/mol. The van der Waals surface area contributed by atoms with E-state index in [1.807, 2.05) is 19.1 Å². The molecule has 0 aliphatic heterocycles. The lowest BCUT2D eigenvalue weighted by Crippen LogP contribution is -2.13. The highest BCUT2D eigenvalue weighted by atomic mass is 19.1. The van der Waals surface area contributed by atoms with Gasteiger partial charge >= 0.3 is 0 Å². The Morgan fingerprint density at radius 1 is 1.06 bits per heavy atom. The predicted molar refractivity (Wildman–Crippen MR) is 126 cm³/mol. The number of fused-ring (bicyclic) bond motifs is 1. The van der Waals surface area contributed by atoms with Gasteiger partial charge < -0.3 is 14.9 Å². The Morgan fingerprint density at radius 2 is 1.74 bits per heavy atom. The topological polar surface area (TPSA) is 84.1 Å². The van der Waals surface area contributed by atoms with E-state index in [0.717, 1.165) is 17.7 Å². The Bertz CT molecular complexity index is 1350. The molecule has 6 nitrogen and oxygen atoms in total. The highest BCUT2D eigenvalue weighted by Gasteiger charge is 2.23. The molecular weight excluding hydrogens is 454 g/mol. The van der Waals surface area contributed by atoms with Gasteiger partial charge in [-0.25, -0.2) is 13.8 Å². The molecule has 0 aliphatic rings. The van der Waals surface area contributed by atoms with Crippen LogP contribution in [0.15, 0.2) is 60.8 Å². The summed E-state index contributed by atoms with van der Waals surface area (Å²) in [6.45, 7) is 2.86. The minimum Gasteiger partial charge on any atom is -0.485 e. The number of aliphatic hydroxyl groups excluding tert-OH is 2. The first-order valence-corrected chi connectivity index (χ1v) is 11.3. The molecule has 4 aromatic rings. The number of pyridine rings is 1. The number of carbonyl (C=O) groups excluding carboxylic acids is 1. The molecular formula is C27H26F2N2O4. The number of aliphatic hydroxyl groups is 2. The van der Waals surface area contributed by atoms with Crippen LogP contribution in [0.25, 0.3) is 5.65 Å². The number of aryl methyl sites for hydroxylation is 1. The molecule has 0 saturated carbocycles. The third-order valence-corrected chi connectivity index (χ3v) is 6.04. The highest BCUT2D eigenvalue weighted by molar-refractivity contribution is 5.97. The molecule has 0 bridgehead atoms. The summed E-state index contributed by atoms with van der Waals surface area (Å²) in [6, 6.07) is 14.1. The Hall–Kier alpha value is -3.62. The van der Waals surface area contributed by atoms with Gasteiger partial charge in [0.1, 0.15) is 30.0 Å². The van der Waals surface area contributed by atoms with Crippen molar-refractivity contribution in [2.45, 2.75) is 38.9 Å². The van der Waals surface area contributed by atoms with Crippen LogP contribution < -0.4 is 4.74 Å². The molecule has 2 N–H and O–H groups in total. The monoisotopic (exact) mass is 480 g/mol. The summed E-state index contributed by atoms with van der Waals surface area (Å²) in [5.41, 5.74) is 2.43. The Kier molecular flexibility index (Phi) is 7.23. The van der Waals surface area contributed by atoms with Crippen molar-refractivity contribution < 1.29 is 28.5 Å². The molecule has 0 unspecified atom stereocenters. The molecule has 0 saturated heterocycles. The normalized spacial score (nSPS) is 13.1. The van der Waals surface area contributed by atoms with E-state index in [9.17, 15) is 23.8 Å². The summed E-state index contributed by atoms with van der Waals surface area (Å²) in [5.74, 6) is -1.50. The largest absolute Gasteiger partial charge is 0.485 e. The minimum atomic E-state index is -1.03. The van der Waals surface area contributed by atoms with Crippen molar-refractivity contribution >= 4 is 11.4 Å². The number of ketones is 1. The molecule has 35 heavy (non-hydrogen) atoms. The van der Waals surface area contributed by atoms with Gasteiger partial charge in [0.25, 0.3) is 0 Å². The van der Waals surface area contributed by atoms with E-state index in [4.69, 9.17) is 4.74 Å². The first-order chi connectivity index (χ1) is 16.8. The van der Waals surface area contributed by atoms with Crippen LogP contribution in [-0.2, 0) is 6.61 Å². The van der Waals surface area contributed by atoms with Crippen molar-refractivity contribution in [3.05, 3.63) is 101 Å². The predicted octanol–water partition coefficient (Wildman–Crippen LogP) is 4.90. The first kappa shape index (κ1) is 24.5. The number of Topliss-reactive ketones (excluding diaryl/α,β-unsaturated/α-hetero) is 1. The highest BCUT2D eigenvalue weighted by Crippen LogP contribution is 2.30. The minimum absolute atomic E-state index is 0.148. The van der Waals surface area contributed by atoms with Gasteiger partial charge in [-0.2, -0.15) is 0 Å². The lowest BCUT2D eigenvalue weighted by Gasteiger charge is -2.18. The summed E-state index contributed by atoms with van der Waals surface area (Å²) >= 11 is 0. The fraction of sp³-hybridized carbons (Fsp3) is 0.259. The molecule has 4 rings (SSSR count). The van der Waals surface area contributed by atoms with Crippen LogP contribution >= 0.6 is 0 Å². The van der Waals surface area contributed by atoms with E-state index < -0.39 is 24.3 Å². The number of hydrogen-bond acceptors (Lipinski definition) is 5. The van der Waals surface area contributed by atoms with Crippen LogP contribution in [0.2, 0.25) is 0 Å². The van der Waals surface area contributed by atoms with Gasteiger partial charge in [-0.05, 0) is 48.2 Å². The number of benzene rings is 2. The molecule has 2 aromatic heterocycles. The third kappa shape index (κ3) is 4.94. The van der Waals surface area contributed by atoms with Gasteiger partial charge in [-0.15, -0.1) is 0 Å². The van der Waals surface area contributed by atoms with Crippen LogP contribution in [0, 0.1) is 18.6 Å². The number of nitrogens with zero attached hydrogens (tertiary/aromatic N) is 2. The maximum absolute atomic E-state index is 14.0. The number of aromatic nitrogens is 2. The molecule has 0 spiro atoms. The SMILES string of the molecule is Cc1nc2c(OCc3c(F)cccc3F)cccn2c1C(=O)C[C@@H](C)c1ccccc1[C@H](O)CO. The second kappa shape index (κ2) is 10.3. The number of ether oxygens (including phenoxy) is 1. The van der Waals surface area contributed by atoms with E-state index in [2.05, 4.69) is 4.98 Å². The number of rotatable bonds is 9. The molecule has 0 radical (unpaired) electrons. The summed E-state index contributed by atoms with van der Waals surface area (Å²) in [7, 11) is 0. The van der Waals surface area contributed by atoms with Gasteiger partial charge in [0.2, 0.25) is 0 Å². The van der Waals surface area contributed by atoms with E-state index in [0.29, 0.717) is 28.3 Å². The van der Waals surface area contributed by atoms with Gasteiger partial charge in [-0.1, -0.05) is 37.3 Å². The van der Waals surface area contributed by atoms with Crippen LogP contribution in [0.4, 0.5) is 8.78 Å². The lowest BCUT2D eigenvalue weighted by atomic mass is 9.89. The fourth-order valence-corrected chi connectivity index (χ4v) is 4.27. The van der Waals surface area contributed by atoms with E-state index >= 15 is 0 Å². The summed E-state index contributed by atoms with van der Waals surface area (Å²) in [6.07, 6.45) is 0.808. The van der Waals surface area contributed by atoms with Crippen molar-refractivity contribution in [1.82, 2.24) is 9.38 Å². The Morgan fingerprint density at radius 3 is 2.43 bits per heavy atom. The van der Waals surface area contributed by atoms with Crippen molar-refractivity contribution in [3.63, 3.8) is 0 Å². The molecule has 2 heterocycles. The molecule has 2 atom stereocenters. The molecule has 182 valence electrons. The molecule has 8 heteroatoms. The maximum Gasteiger partial charge on any atom is 0.182 e. The quantitative estimate of drug-likeness (QED) is 0.333. The third-order valence-electron chi connectivity index (χ3n) is 6.04. The van der Waals surface area contributed by atoms with Gasteiger partial charge in [0.15, 0.2) is 17.2 Å². The Balaban J connectivity index is 1.60. The van der Waals surface area contributed by atoms with E-state index in [1.165, 1.54) is 6.07 Å².